The highest BCUT2D eigenvalue weighted by atomic mass is 16.5. The number of hydrogen-bond acceptors (Lipinski definition) is 9. The number of carbonyl (C=O) groups excluding carboxylic acids is 2. The second-order valence-electron chi connectivity index (χ2n) is 9.99. The first-order valence-electron chi connectivity index (χ1n) is 13.3. The van der Waals surface area contributed by atoms with E-state index >= 15 is 0 Å². The molecule has 0 spiro atoms. The normalized spacial score (nSPS) is 19.4. The Hall–Kier alpha value is -3.99. The first-order chi connectivity index (χ1) is 19.0. The highest BCUT2D eigenvalue weighted by Crippen LogP contribution is 2.31. The molecule has 1 aliphatic heterocycles. The Labute approximate surface area is 227 Å². The topological polar surface area (TPSA) is 119 Å². The van der Waals surface area contributed by atoms with Crippen LogP contribution in [-0.4, -0.2) is 90.8 Å². The molecule has 3 aromatic rings. The van der Waals surface area contributed by atoms with Crippen LogP contribution in [0.4, 0.5) is 5.82 Å². The number of likely N-dealkylation sites (N-methyl/N-ethyl adjacent to an activating group) is 1. The van der Waals surface area contributed by atoms with E-state index < -0.39 is 0 Å². The van der Waals surface area contributed by atoms with Crippen molar-refractivity contribution in [2.75, 3.05) is 51.9 Å². The summed E-state index contributed by atoms with van der Waals surface area (Å²) in [6.07, 6.45) is 5.99. The van der Waals surface area contributed by atoms with Gasteiger partial charge in [0.05, 0.1) is 25.6 Å². The van der Waals surface area contributed by atoms with Crippen molar-refractivity contribution in [3.05, 3.63) is 48.5 Å². The first-order valence-corrected chi connectivity index (χ1v) is 13.3. The van der Waals surface area contributed by atoms with E-state index in [0.717, 1.165) is 55.4 Å². The Kier molecular flexibility index (Phi) is 8.36. The summed E-state index contributed by atoms with van der Waals surface area (Å²) in [6, 6.07) is 10.3. The van der Waals surface area contributed by atoms with Gasteiger partial charge in [-0.2, -0.15) is 4.98 Å². The average molecular weight is 535 g/mol. The lowest BCUT2D eigenvalue weighted by Gasteiger charge is -2.31. The molecule has 2 fully saturated rings. The standard InChI is InChI=1S/C28H34N6O5/c1-33(2)25(35)18-38-22-16-29-26(30-17-22)27(36)31-20-7-9-21(10-8-20)39-28-23-6-4-3-5-19(23)15-24(32-28)34-11-13-37-14-12-34/h3-6,15-17,20-21H,7-14,18H2,1-2H3,(H,31,36). The largest absolute Gasteiger partial charge is 0.481 e. The third kappa shape index (κ3) is 6.72. The predicted octanol–water partition coefficient (Wildman–Crippen LogP) is 2.45. The summed E-state index contributed by atoms with van der Waals surface area (Å²) in [6.45, 7) is 2.90. The molecule has 11 heteroatoms. The summed E-state index contributed by atoms with van der Waals surface area (Å²) in [4.78, 5) is 41.1. The Bertz CT molecular complexity index is 1290. The quantitative estimate of drug-likeness (QED) is 0.465. The zero-order valence-electron chi connectivity index (χ0n) is 22.3. The van der Waals surface area contributed by atoms with Crippen LogP contribution in [0.25, 0.3) is 10.8 Å². The second-order valence-corrected chi connectivity index (χ2v) is 9.99. The number of fused-ring (bicyclic) bond motifs is 1. The molecular formula is C28H34N6O5. The number of morpholine rings is 1. The highest BCUT2D eigenvalue weighted by molar-refractivity contribution is 5.90. The molecule has 0 atom stereocenters. The molecule has 0 radical (unpaired) electrons. The molecule has 1 N–H and O–H groups in total. The van der Waals surface area contributed by atoms with Gasteiger partial charge in [-0.15, -0.1) is 0 Å². The van der Waals surface area contributed by atoms with E-state index in [0.29, 0.717) is 24.8 Å². The lowest BCUT2D eigenvalue weighted by atomic mass is 9.93. The second kappa shape index (κ2) is 12.2. The Morgan fingerprint density at radius 1 is 1.08 bits per heavy atom. The van der Waals surface area contributed by atoms with Gasteiger partial charge in [0.15, 0.2) is 12.4 Å². The van der Waals surface area contributed by atoms with Crippen LogP contribution in [0.15, 0.2) is 42.7 Å². The molecule has 2 aromatic heterocycles. The fraction of sp³-hybridized carbons (Fsp3) is 0.464. The monoisotopic (exact) mass is 534 g/mol. The van der Waals surface area contributed by atoms with Crippen molar-refractivity contribution in [2.45, 2.75) is 37.8 Å². The lowest BCUT2D eigenvalue weighted by Crippen LogP contribution is -2.40. The number of hydrogen-bond donors (Lipinski definition) is 1. The summed E-state index contributed by atoms with van der Waals surface area (Å²) in [5, 5.41) is 5.13. The molecule has 1 aliphatic carbocycles. The molecule has 1 saturated heterocycles. The molecule has 1 aromatic carbocycles. The zero-order chi connectivity index (χ0) is 27.2. The molecule has 206 valence electrons. The van der Waals surface area contributed by atoms with Gasteiger partial charge >= 0.3 is 0 Å². The Morgan fingerprint density at radius 2 is 1.79 bits per heavy atom. The number of ether oxygens (including phenoxy) is 3. The number of rotatable bonds is 8. The Balaban J connectivity index is 1.15. The van der Waals surface area contributed by atoms with E-state index in [9.17, 15) is 9.59 Å². The van der Waals surface area contributed by atoms with Gasteiger partial charge in [-0.3, -0.25) is 9.59 Å². The summed E-state index contributed by atoms with van der Waals surface area (Å²) in [5.74, 6) is 1.46. The van der Waals surface area contributed by atoms with Crippen LogP contribution in [-0.2, 0) is 9.53 Å². The number of benzene rings is 1. The van der Waals surface area contributed by atoms with Gasteiger partial charge in [-0.05, 0) is 43.2 Å². The molecule has 2 amide bonds. The van der Waals surface area contributed by atoms with Crippen molar-refractivity contribution in [3.8, 4) is 11.6 Å². The number of carbonyl (C=O) groups is 2. The van der Waals surface area contributed by atoms with E-state index in [2.05, 4.69) is 32.3 Å². The smallest absolute Gasteiger partial charge is 0.289 e. The van der Waals surface area contributed by atoms with Gasteiger partial charge in [0.2, 0.25) is 11.7 Å². The third-order valence-corrected chi connectivity index (χ3v) is 7.01. The van der Waals surface area contributed by atoms with Crippen molar-refractivity contribution in [2.24, 2.45) is 0 Å². The minimum Gasteiger partial charge on any atom is -0.481 e. The zero-order valence-corrected chi connectivity index (χ0v) is 22.3. The molecule has 0 unspecified atom stereocenters. The maximum atomic E-state index is 12.7. The van der Waals surface area contributed by atoms with E-state index in [4.69, 9.17) is 19.2 Å². The van der Waals surface area contributed by atoms with Crippen LogP contribution in [0.3, 0.4) is 0 Å². The summed E-state index contributed by atoms with van der Waals surface area (Å²) in [7, 11) is 3.30. The van der Waals surface area contributed by atoms with E-state index in [1.165, 1.54) is 17.3 Å². The van der Waals surface area contributed by atoms with Gasteiger partial charge in [-0.1, -0.05) is 18.2 Å². The van der Waals surface area contributed by atoms with E-state index in [1.54, 1.807) is 14.1 Å². The number of nitrogens with zero attached hydrogens (tertiary/aromatic N) is 5. The molecule has 3 heterocycles. The molecule has 2 aliphatic rings. The highest BCUT2D eigenvalue weighted by Gasteiger charge is 2.26. The molecular weight excluding hydrogens is 500 g/mol. The third-order valence-electron chi connectivity index (χ3n) is 7.01. The van der Waals surface area contributed by atoms with Crippen LogP contribution < -0.4 is 19.7 Å². The van der Waals surface area contributed by atoms with Crippen molar-refractivity contribution in [1.29, 1.82) is 0 Å². The molecule has 11 nitrogen and oxygen atoms in total. The van der Waals surface area contributed by atoms with Crippen LogP contribution in [0.5, 0.6) is 11.6 Å². The number of pyridine rings is 1. The molecule has 1 saturated carbocycles. The van der Waals surface area contributed by atoms with Crippen LogP contribution in [0.1, 0.15) is 36.3 Å². The maximum absolute atomic E-state index is 12.7. The fourth-order valence-corrected chi connectivity index (χ4v) is 4.71. The van der Waals surface area contributed by atoms with Crippen molar-refractivity contribution in [1.82, 2.24) is 25.2 Å². The number of anilines is 1. The summed E-state index contributed by atoms with van der Waals surface area (Å²) in [5.41, 5.74) is 0. The molecule has 5 rings (SSSR count). The molecule has 0 bridgehead atoms. The van der Waals surface area contributed by atoms with Crippen molar-refractivity contribution >= 4 is 28.4 Å². The predicted molar refractivity (Wildman–Crippen MR) is 145 cm³/mol. The number of amides is 2. The van der Waals surface area contributed by atoms with Crippen LogP contribution in [0, 0.1) is 0 Å². The minimum absolute atomic E-state index is 0.0129. The van der Waals surface area contributed by atoms with Crippen molar-refractivity contribution in [3.63, 3.8) is 0 Å². The van der Waals surface area contributed by atoms with Gasteiger partial charge < -0.3 is 29.3 Å². The van der Waals surface area contributed by atoms with Gasteiger partial charge in [0.25, 0.3) is 11.8 Å². The molecule has 39 heavy (non-hydrogen) atoms. The lowest BCUT2D eigenvalue weighted by molar-refractivity contribution is -0.130. The maximum Gasteiger partial charge on any atom is 0.289 e. The minimum atomic E-state index is -0.332. The summed E-state index contributed by atoms with van der Waals surface area (Å²) >= 11 is 0. The first kappa shape index (κ1) is 26.6. The van der Waals surface area contributed by atoms with Gasteiger partial charge in [0, 0.05) is 38.6 Å². The number of aromatic nitrogens is 3. The van der Waals surface area contributed by atoms with Crippen LogP contribution in [0.2, 0.25) is 0 Å². The van der Waals surface area contributed by atoms with E-state index in [-0.39, 0.29) is 36.4 Å². The fourth-order valence-electron chi connectivity index (χ4n) is 4.71. The van der Waals surface area contributed by atoms with Gasteiger partial charge in [0.1, 0.15) is 11.9 Å². The average Bonchev–Trinajstić information content (AvgIpc) is 2.97. The SMILES string of the molecule is CN(C)C(=O)COc1cnc(C(=O)NC2CCC(Oc3nc(N4CCOCC4)cc4ccccc34)CC2)nc1. The van der Waals surface area contributed by atoms with Crippen molar-refractivity contribution < 1.29 is 23.8 Å². The van der Waals surface area contributed by atoms with Crippen LogP contribution >= 0.6 is 0 Å². The summed E-state index contributed by atoms with van der Waals surface area (Å²) < 4.78 is 17.3. The Morgan fingerprint density at radius 3 is 2.51 bits per heavy atom. The van der Waals surface area contributed by atoms with Gasteiger partial charge in [-0.25, -0.2) is 9.97 Å². The van der Waals surface area contributed by atoms with E-state index in [1.807, 2.05) is 18.2 Å². The number of nitrogens with one attached hydrogen (secondary N) is 1.